The van der Waals surface area contributed by atoms with E-state index >= 15 is 0 Å². The Morgan fingerprint density at radius 1 is 1.44 bits per heavy atom. The van der Waals surface area contributed by atoms with Crippen LogP contribution in [0, 0.1) is 13.8 Å². The zero-order valence-electron chi connectivity index (χ0n) is 9.78. The maximum atomic E-state index is 10.7. The number of aliphatic carboxylic acids is 1. The predicted molar refractivity (Wildman–Crippen MR) is 61.8 cm³/mol. The van der Waals surface area contributed by atoms with E-state index in [0.717, 1.165) is 22.4 Å². The van der Waals surface area contributed by atoms with E-state index < -0.39 is 12.0 Å². The summed E-state index contributed by atoms with van der Waals surface area (Å²) < 4.78 is 5.14. The summed E-state index contributed by atoms with van der Waals surface area (Å²) in [5.74, 6) is -0.197. The lowest BCUT2D eigenvalue weighted by Crippen LogP contribution is -2.32. The van der Waals surface area contributed by atoms with Crippen molar-refractivity contribution in [2.75, 3.05) is 7.11 Å². The molecule has 1 rings (SSSR count). The van der Waals surface area contributed by atoms with Gasteiger partial charge < -0.3 is 15.6 Å². The number of hydrogen-bond acceptors (Lipinski definition) is 3. The Morgan fingerprint density at radius 2 is 1.94 bits per heavy atom. The molecule has 4 nitrogen and oxygen atoms in total. The van der Waals surface area contributed by atoms with E-state index in [1.165, 1.54) is 0 Å². The van der Waals surface area contributed by atoms with Gasteiger partial charge in [0.15, 0.2) is 0 Å². The minimum atomic E-state index is -0.977. The van der Waals surface area contributed by atoms with Gasteiger partial charge in [-0.15, -0.1) is 0 Å². The van der Waals surface area contributed by atoms with Gasteiger partial charge in [0, 0.05) is 0 Å². The number of hydrogen-bond donors (Lipinski definition) is 2. The second kappa shape index (κ2) is 4.99. The van der Waals surface area contributed by atoms with Gasteiger partial charge in [-0.25, -0.2) is 0 Å². The van der Waals surface area contributed by atoms with Crippen molar-refractivity contribution in [3.63, 3.8) is 0 Å². The molecule has 0 spiro atoms. The van der Waals surface area contributed by atoms with E-state index in [9.17, 15) is 4.79 Å². The molecular formula is C12H17NO3. The van der Waals surface area contributed by atoms with E-state index in [1.807, 2.05) is 26.0 Å². The largest absolute Gasteiger partial charge is 0.497 e. The van der Waals surface area contributed by atoms with Gasteiger partial charge in [-0.2, -0.15) is 0 Å². The second-order valence-corrected chi connectivity index (χ2v) is 3.89. The summed E-state index contributed by atoms with van der Waals surface area (Å²) in [4.78, 5) is 10.7. The van der Waals surface area contributed by atoms with E-state index in [0.29, 0.717) is 6.42 Å². The summed E-state index contributed by atoms with van der Waals surface area (Å²) in [6, 6.07) is 2.92. The molecular weight excluding hydrogens is 206 g/mol. The normalized spacial score (nSPS) is 12.2. The van der Waals surface area contributed by atoms with Gasteiger partial charge in [0.25, 0.3) is 0 Å². The lowest BCUT2D eigenvalue weighted by Gasteiger charge is -2.14. The van der Waals surface area contributed by atoms with Crippen LogP contribution in [0.3, 0.4) is 0 Å². The third-order valence-corrected chi connectivity index (χ3v) is 2.65. The summed E-state index contributed by atoms with van der Waals surface area (Å²) in [7, 11) is 1.61. The number of carbonyl (C=O) groups is 1. The molecule has 16 heavy (non-hydrogen) atoms. The molecule has 0 fully saturated rings. The van der Waals surface area contributed by atoms with Gasteiger partial charge in [-0.1, -0.05) is 0 Å². The van der Waals surface area contributed by atoms with Gasteiger partial charge in [-0.3, -0.25) is 4.79 Å². The molecule has 0 saturated heterocycles. The number of methoxy groups -OCH3 is 1. The highest BCUT2D eigenvalue weighted by Gasteiger charge is 2.15. The van der Waals surface area contributed by atoms with Crippen LogP contribution in [0.2, 0.25) is 0 Å². The average molecular weight is 223 g/mol. The van der Waals surface area contributed by atoms with Crippen LogP contribution in [0.1, 0.15) is 16.7 Å². The highest BCUT2D eigenvalue weighted by Crippen LogP contribution is 2.22. The Hall–Kier alpha value is -1.55. The van der Waals surface area contributed by atoms with Crippen molar-refractivity contribution in [2.24, 2.45) is 5.73 Å². The van der Waals surface area contributed by atoms with Gasteiger partial charge in [0.05, 0.1) is 7.11 Å². The summed E-state index contributed by atoms with van der Waals surface area (Å²) in [5, 5.41) is 8.78. The summed E-state index contributed by atoms with van der Waals surface area (Å²) in [5.41, 5.74) is 8.52. The van der Waals surface area contributed by atoms with E-state index in [2.05, 4.69) is 0 Å². The molecule has 0 aliphatic rings. The number of carboxylic acid groups (broad SMARTS) is 1. The quantitative estimate of drug-likeness (QED) is 0.806. The molecule has 0 radical (unpaired) electrons. The molecule has 1 aromatic carbocycles. The van der Waals surface area contributed by atoms with Crippen LogP contribution in [-0.4, -0.2) is 24.2 Å². The van der Waals surface area contributed by atoms with Crippen molar-refractivity contribution in [2.45, 2.75) is 26.3 Å². The van der Waals surface area contributed by atoms with Gasteiger partial charge >= 0.3 is 5.97 Å². The molecule has 88 valence electrons. The Morgan fingerprint density at radius 3 is 2.31 bits per heavy atom. The highest BCUT2D eigenvalue weighted by molar-refractivity contribution is 5.73. The molecule has 0 heterocycles. The van der Waals surface area contributed by atoms with Crippen LogP contribution in [0.5, 0.6) is 5.75 Å². The zero-order valence-corrected chi connectivity index (χ0v) is 9.78. The fourth-order valence-electron chi connectivity index (χ4n) is 1.70. The Kier molecular flexibility index (Phi) is 3.90. The monoisotopic (exact) mass is 223 g/mol. The molecule has 1 atom stereocenters. The topological polar surface area (TPSA) is 72.5 Å². The third-order valence-electron chi connectivity index (χ3n) is 2.65. The second-order valence-electron chi connectivity index (χ2n) is 3.89. The number of benzene rings is 1. The Bertz CT molecular complexity index is 378. The average Bonchev–Trinajstić information content (AvgIpc) is 2.22. The van der Waals surface area contributed by atoms with Crippen molar-refractivity contribution in [1.82, 2.24) is 0 Å². The molecule has 0 amide bonds. The summed E-state index contributed by atoms with van der Waals surface area (Å²) >= 11 is 0. The van der Waals surface area contributed by atoms with E-state index in [-0.39, 0.29) is 0 Å². The van der Waals surface area contributed by atoms with Crippen LogP contribution in [0.25, 0.3) is 0 Å². The van der Waals surface area contributed by atoms with Gasteiger partial charge in [0.1, 0.15) is 11.8 Å². The zero-order chi connectivity index (χ0) is 12.3. The highest BCUT2D eigenvalue weighted by atomic mass is 16.5. The molecule has 1 aromatic rings. The first-order valence-corrected chi connectivity index (χ1v) is 5.08. The number of carboxylic acids is 1. The lowest BCUT2D eigenvalue weighted by atomic mass is 9.96. The fourth-order valence-corrected chi connectivity index (χ4v) is 1.70. The van der Waals surface area contributed by atoms with Crippen molar-refractivity contribution < 1.29 is 14.6 Å². The molecule has 4 heteroatoms. The third kappa shape index (κ3) is 2.73. The van der Waals surface area contributed by atoms with E-state index in [4.69, 9.17) is 15.6 Å². The van der Waals surface area contributed by atoms with Crippen molar-refractivity contribution in [3.05, 3.63) is 28.8 Å². The van der Waals surface area contributed by atoms with Crippen molar-refractivity contribution in [3.8, 4) is 5.75 Å². The first-order chi connectivity index (χ1) is 7.45. The molecule has 0 bridgehead atoms. The molecule has 0 saturated carbocycles. The van der Waals surface area contributed by atoms with Crippen LogP contribution in [-0.2, 0) is 11.2 Å². The number of rotatable bonds is 4. The van der Waals surface area contributed by atoms with Crippen molar-refractivity contribution >= 4 is 5.97 Å². The molecule has 1 unspecified atom stereocenters. The first-order valence-electron chi connectivity index (χ1n) is 5.08. The van der Waals surface area contributed by atoms with Crippen LogP contribution >= 0.6 is 0 Å². The van der Waals surface area contributed by atoms with Crippen LogP contribution in [0.15, 0.2) is 12.1 Å². The molecule has 0 aliphatic carbocycles. The predicted octanol–water partition coefficient (Wildman–Crippen LogP) is 1.27. The smallest absolute Gasteiger partial charge is 0.320 e. The number of ether oxygens (including phenoxy) is 1. The SMILES string of the molecule is COc1cc(C)c(CC(N)C(=O)O)c(C)c1. The van der Waals surface area contributed by atoms with Crippen molar-refractivity contribution in [1.29, 1.82) is 0 Å². The first kappa shape index (κ1) is 12.5. The minimum Gasteiger partial charge on any atom is -0.497 e. The van der Waals surface area contributed by atoms with Gasteiger partial charge in [-0.05, 0) is 49.1 Å². The summed E-state index contributed by atoms with van der Waals surface area (Å²) in [6.07, 6.45) is 0.344. The standard InChI is InChI=1S/C12H17NO3/c1-7-4-9(16-3)5-8(2)10(7)6-11(13)12(14)15/h4-5,11H,6,13H2,1-3H3,(H,14,15). The molecule has 3 N–H and O–H groups in total. The number of aryl methyl sites for hydroxylation is 2. The molecule has 0 aromatic heterocycles. The van der Waals surface area contributed by atoms with Gasteiger partial charge in [0.2, 0.25) is 0 Å². The Labute approximate surface area is 95.0 Å². The number of nitrogens with two attached hydrogens (primary N) is 1. The van der Waals surface area contributed by atoms with Crippen LogP contribution in [0.4, 0.5) is 0 Å². The van der Waals surface area contributed by atoms with E-state index in [1.54, 1.807) is 7.11 Å². The fraction of sp³-hybridized carbons (Fsp3) is 0.417. The lowest BCUT2D eigenvalue weighted by molar-refractivity contribution is -0.138. The maximum absolute atomic E-state index is 10.7. The summed E-state index contributed by atoms with van der Waals surface area (Å²) in [6.45, 7) is 3.86. The maximum Gasteiger partial charge on any atom is 0.320 e. The van der Waals surface area contributed by atoms with Crippen LogP contribution < -0.4 is 10.5 Å². The molecule has 0 aliphatic heterocycles. The minimum absolute atomic E-state index is 0.344. The Balaban J connectivity index is 3.01.